The SMILES string of the molecule is CCCCCCCCCCCCCCCCN(CCCCCCCCCCCCCCCC)C(=O)[C@H](C)NC(=O)CCCCC[N+](C)(C)C.[Br-]. The van der Waals surface area contributed by atoms with Gasteiger partial charge in [0, 0.05) is 19.5 Å². The third-order valence-electron chi connectivity index (χ3n) is 10.4. The largest absolute Gasteiger partial charge is 1.00 e. The summed E-state index contributed by atoms with van der Waals surface area (Å²) in [5.74, 6) is 0.141. The lowest BCUT2D eigenvalue weighted by Gasteiger charge is -2.26. The van der Waals surface area contributed by atoms with E-state index in [2.05, 4.69) is 45.2 Å². The first-order chi connectivity index (χ1) is 23.7. The highest BCUT2D eigenvalue weighted by Crippen LogP contribution is 2.15. The van der Waals surface area contributed by atoms with Gasteiger partial charge < -0.3 is 31.7 Å². The van der Waals surface area contributed by atoms with Crippen molar-refractivity contribution in [3.8, 4) is 0 Å². The quantitative estimate of drug-likeness (QED) is 0.0503. The molecule has 0 saturated carbocycles. The number of nitrogens with one attached hydrogen (secondary N) is 1. The van der Waals surface area contributed by atoms with Gasteiger partial charge in [-0.2, -0.15) is 0 Å². The van der Waals surface area contributed by atoms with Gasteiger partial charge in [0.05, 0.1) is 27.7 Å². The van der Waals surface area contributed by atoms with Crippen molar-refractivity contribution in [1.29, 1.82) is 0 Å². The second kappa shape index (κ2) is 38.1. The van der Waals surface area contributed by atoms with E-state index in [9.17, 15) is 9.59 Å². The molecule has 0 aliphatic heterocycles. The van der Waals surface area contributed by atoms with Crippen molar-refractivity contribution in [3.05, 3.63) is 0 Å². The predicted octanol–water partition coefficient (Wildman–Crippen LogP) is 9.55. The summed E-state index contributed by atoms with van der Waals surface area (Å²) in [6, 6.07) is -0.433. The number of rotatable bonds is 38. The normalized spacial score (nSPS) is 12.1. The topological polar surface area (TPSA) is 49.4 Å². The summed E-state index contributed by atoms with van der Waals surface area (Å²) in [6.45, 7) is 9.26. The summed E-state index contributed by atoms with van der Waals surface area (Å²) in [6.07, 6.45) is 41.3. The van der Waals surface area contributed by atoms with Crippen LogP contribution in [0, 0.1) is 0 Å². The molecule has 1 atom stereocenters. The Morgan fingerprint density at radius 3 is 1.10 bits per heavy atom. The molecule has 0 bridgehead atoms. The molecule has 0 aromatic heterocycles. The monoisotopic (exact) mass is 772 g/mol. The summed E-state index contributed by atoms with van der Waals surface area (Å²) >= 11 is 0. The Balaban J connectivity index is 0. The van der Waals surface area contributed by atoms with Gasteiger partial charge in [-0.1, -0.05) is 181 Å². The molecular formula is C44H90BrN3O2. The number of carbonyl (C=O) groups excluding carboxylic acids is 2. The summed E-state index contributed by atoms with van der Waals surface area (Å²) in [5.41, 5.74) is 0. The highest BCUT2D eigenvalue weighted by atomic mass is 79.9. The van der Waals surface area contributed by atoms with Crippen molar-refractivity contribution < 1.29 is 31.1 Å². The van der Waals surface area contributed by atoms with Crippen LogP contribution in [0.15, 0.2) is 0 Å². The number of hydrogen-bond acceptors (Lipinski definition) is 2. The van der Waals surface area contributed by atoms with Crippen LogP contribution in [-0.4, -0.2) is 68.0 Å². The van der Waals surface area contributed by atoms with Crippen LogP contribution in [0.5, 0.6) is 0 Å². The Morgan fingerprint density at radius 2 is 0.780 bits per heavy atom. The van der Waals surface area contributed by atoms with E-state index in [1.54, 1.807) is 0 Å². The van der Waals surface area contributed by atoms with Crippen LogP contribution in [0.1, 0.15) is 226 Å². The third-order valence-corrected chi connectivity index (χ3v) is 10.4. The lowest BCUT2D eigenvalue weighted by atomic mass is 10.0. The average Bonchev–Trinajstić information content (AvgIpc) is 3.06. The average molecular weight is 773 g/mol. The number of halogens is 1. The summed E-state index contributed by atoms with van der Waals surface area (Å²) in [7, 11) is 6.63. The molecule has 300 valence electrons. The highest BCUT2D eigenvalue weighted by Gasteiger charge is 2.21. The van der Waals surface area contributed by atoms with Crippen LogP contribution in [0.2, 0.25) is 0 Å². The molecule has 0 fully saturated rings. The molecular weight excluding hydrogens is 682 g/mol. The standard InChI is InChI=1S/C44H89N3O2.BrH/c1-7-9-11-13-15-17-19-21-23-25-27-29-31-35-39-46(40-36-32-30-28-26-24-22-20-18-16-14-12-10-8-2)44(49)42(3)45-43(48)38-34-33-37-41-47(4,5)6;/h42H,7-41H2,1-6H3;1H/t42-;/m0./s1. The van der Waals surface area contributed by atoms with Crippen LogP contribution >= 0.6 is 0 Å². The van der Waals surface area contributed by atoms with Gasteiger partial charge in [0.15, 0.2) is 0 Å². The van der Waals surface area contributed by atoms with Gasteiger partial charge in [0.2, 0.25) is 11.8 Å². The fraction of sp³-hybridized carbons (Fsp3) is 0.955. The van der Waals surface area contributed by atoms with Crippen molar-refractivity contribution in [3.63, 3.8) is 0 Å². The molecule has 0 rings (SSSR count). The van der Waals surface area contributed by atoms with Crippen molar-refractivity contribution in [2.24, 2.45) is 0 Å². The molecule has 0 spiro atoms. The number of amides is 2. The summed E-state index contributed by atoms with van der Waals surface area (Å²) in [4.78, 5) is 28.2. The van der Waals surface area contributed by atoms with Crippen molar-refractivity contribution in [2.45, 2.75) is 232 Å². The smallest absolute Gasteiger partial charge is 0.244 e. The molecule has 5 nitrogen and oxygen atoms in total. The minimum absolute atomic E-state index is 0. The number of carbonyl (C=O) groups is 2. The van der Waals surface area contributed by atoms with E-state index < -0.39 is 6.04 Å². The summed E-state index contributed by atoms with van der Waals surface area (Å²) in [5, 5.41) is 3.04. The third kappa shape index (κ3) is 37.1. The maximum Gasteiger partial charge on any atom is 0.244 e. The minimum Gasteiger partial charge on any atom is -1.00 e. The second-order valence-electron chi connectivity index (χ2n) is 16.6. The molecule has 0 aliphatic rings. The Hall–Kier alpha value is -0.620. The van der Waals surface area contributed by atoms with Gasteiger partial charge in [-0.15, -0.1) is 0 Å². The fourth-order valence-corrected chi connectivity index (χ4v) is 7.02. The van der Waals surface area contributed by atoms with Gasteiger partial charge >= 0.3 is 0 Å². The molecule has 0 unspecified atom stereocenters. The minimum atomic E-state index is -0.433. The predicted molar refractivity (Wildman–Crippen MR) is 216 cm³/mol. The van der Waals surface area contributed by atoms with E-state index in [4.69, 9.17) is 0 Å². The van der Waals surface area contributed by atoms with Gasteiger partial charge in [-0.3, -0.25) is 9.59 Å². The Morgan fingerprint density at radius 1 is 0.480 bits per heavy atom. The zero-order valence-corrected chi connectivity index (χ0v) is 36.5. The lowest BCUT2D eigenvalue weighted by molar-refractivity contribution is -0.870. The van der Waals surface area contributed by atoms with Crippen LogP contribution < -0.4 is 22.3 Å². The molecule has 0 radical (unpaired) electrons. The van der Waals surface area contributed by atoms with Crippen LogP contribution in [0.25, 0.3) is 0 Å². The second-order valence-corrected chi connectivity index (χ2v) is 16.6. The van der Waals surface area contributed by atoms with Crippen molar-refractivity contribution in [1.82, 2.24) is 10.2 Å². The molecule has 0 aromatic carbocycles. The maximum absolute atomic E-state index is 13.5. The Labute approximate surface area is 325 Å². The first-order valence-electron chi connectivity index (χ1n) is 22.1. The van der Waals surface area contributed by atoms with Gasteiger partial charge in [-0.05, 0) is 39.0 Å². The van der Waals surface area contributed by atoms with Crippen molar-refractivity contribution in [2.75, 3.05) is 40.8 Å². The Bertz CT molecular complexity index is 695. The molecule has 0 saturated heterocycles. The van der Waals surface area contributed by atoms with E-state index >= 15 is 0 Å². The zero-order valence-electron chi connectivity index (χ0n) is 34.9. The zero-order chi connectivity index (χ0) is 36.3. The van der Waals surface area contributed by atoms with E-state index in [0.717, 1.165) is 56.2 Å². The highest BCUT2D eigenvalue weighted by molar-refractivity contribution is 5.87. The molecule has 0 aliphatic carbocycles. The molecule has 0 heterocycles. The number of quaternary nitrogens is 1. The van der Waals surface area contributed by atoms with Gasteiger partial charge in [0.25, 0.3) is 0 Å². The van der Waals surface area contributed by atoms with Gasteiger partial charge in [-0.25, -0.2) is 0 Å². The number of nitrogens with zero attached hydrogens (tertiary/aromatic N) is 2. The fourth-order valence-electron chi connectivity index (χ4n) is 7.02. The molecule has 50 heavy (non-hydrogen) atoms. The first-order valence-corrected chi connectivity index (χ1v) is 22.1. The molecule has 6 heteroatoms. The van der Waals surface area contributed by atoms with E-state index in [1.807, 2.05) is 6.92 Å². The van der Waals surface area contributed by atoms with Crippen LogP contribution in [0.3, 0.4) is 0 Å². The molecule has 2 amide bonds. The van der Waals surface area contributed by atoms with E-state index in [1.165, 1.54) is 167 Å². The molecule has 0 aromatic rings. The van der Waals surface area contributed by atoms with Crippen LogP contribution in [0.4, 0.5) is 0 Å². The van der Waals surface area contributed by atoms with Crippen molar-refractivity contribution >= 4 is 11.8 Å². The first kappa shape index (κ1) is 51.5. The van der Waals surface area contributed by atoms with Crippen LogP contribution in [-0.2, 0) is 9.59 Å². The van der Waals surface area contributed by atoms with E-state index in [-0.39, 0.29) is 28.8 Å². The Kier molecular flexibility index (Phi) is 39.2. The maximum atomic E-state index is 13.5. The summed E-state index contributed by atoms with van der Waals surface area (Å²) < 4.78 is 0.964. The number of hydrogen-bond donors (Lipinski definition) is 1. The lowest BCUT2D eigenvalue weighted by Crippen LogP contribution is -3.00. The number of unbranched alkanes of at least 4 members (excludes halogenated alkanes) is 28. The van der Waals surface area contributed by atoms with Gasteiger partial charge in [0.1, 0.15) is 6.04 Å². The molecule has 1 N–H and O–H groups in total. The van der Waals surface area contributed by atoms with E-state index in [0.29, 0.717) is 6.42 Å².